The molecule has 82 valence electrons. The molecule has 0 aliphatic carbocycles. The van der Waals surface area contributed by atoms with Gasteiger partial charge in [-0.1, -0.05) is 6.08 Å². The Morgan fingerprint density at radius 3 is 2.86 bits per heavy atom. The molecule has 1 heterocycles. The molecule has 0 spiro atoms. The largest absolute Gasteiger partial charge is 0.394 e. The molecular formula is C11H20O3. The van der Waals surface area contributed by atoms with Gasteiger partial charge in [0.25, 0.3) is 0 Å². The maximum absolute atomic E-state index is 9.75. The number of ether oxygens (including phenoxy) is 1. The van der Waals surface area contributed by atoms with Crippen LogP contribution in [0.1, 0.15) is 32.1 Å². The van der Waals surface area contributed by atoms with E-state index in [2.05, 4.69) is 6.58 Å². The molecule has 3 nitrogen and oxygen atoms in total. The van der Waals surface area contributed by atoms with Crippen LogP contribution in [0.5, 0.6) is 0 Å². The van der Waals surface area contributed by atoms with Gasteiger partial charge in [0, 0.05) is 0 Å². The van der Waals surface area contributed by atoms with Gasteiger partial charge in [0.2, 0.25) is 0 Å². The zero-order chi connectivity index (χ0) is 10.4. The van der Waals surface area contributed by atoms with Crippen LogP contribution in [0.4, 0.5) is 0 Å². The smallest absolute Gasteiger partial charge is 0.0839 e. The van der Waals surface area contributed by atoms with Gasteiger partial charge in [-0.25, -0.2) is 0 Å². The number of rotatable bonds is 6. The molecule has 1 fully saturated rings. The van der Waals surface area contributed by atoms with Gasteiger partial charge in [-0.15, -0.1) is 6.58 Å². The number of allylic oxidation sites excluding steroid dienone is 1. The lowest BCUT2D eigenvalue weighted by Crippen LogP contribution is -2.27. The second-order valence-electron chi connectivity index (χ2n) is 3.84. The molecule has 3 atom stereocenters. The first kappa shape index (κ1) is 11.7. The fourth-order valence-corrected chi connectivity index (χ4v) is 1.81. The maximum Gasteiger partial charge on any atom is 0.0839 e. The third-order valence-corrected chi connectivity index (χ3v) is 2.68. The Morgan fingerprint density at radius 2 is 2.29 bits per heavy atom. The van der Waals surface area contributed by atoms with Crippen LogP contribution in [0.3, 0.4) is 0 Å². The molecule has 14 heavy (non-hydrogen) atoms. The first-order valence-electron chi connectivity index (χ1n) is 5.33. The summed E-state index contributed by atoms with van der Waals surface area (Å²) in [6.07, 6.45) is 5.72. The third kappa shape index (κ3) is 3.40. The predicted molar refractivity (Wildman–Crippen MR) is 55.0 cm³/mol. The number of aliphatic hydroxyl groups excluding tert-OH is 2. The van der Waals surface area contributed by atoms with E-state index in [1.54, 1.807) is 0 Å². The van der Waals surface area contributed by atoms with E-state index in [9.17, 15) is 5.11 Å². The Morgan fingerprint density at radius 1 is 1.50 bits per heavy atom. The minimum Gasteiger partial charge on any atom is -0.394 e. The molecule has 0 aromatic carbocycles. The SMILES string of the molecule is C=CCCC[C@@H](O)[C@H]1CC[C@H](CO)O1. The standard InChI is InChI=1S/C11H20O3/c1-2-3-4-5-10(13)11-7-6-9(8-12)14-11/h2,9-13H,1,3-8H2/t9-,10-,11-/m1/s1. The minimum absolute atomic E-state index is 0.0611. The van der Waals surface area contributed by atoms with Crippen LogP contribution in [-0.2, 0) is 4.74 Å². The van der Waals surface area contributed by atoms with E-state index < -0.39 is 0 Å². The van der Waals surface area contributed by atoms with Crippen molar-refractivity contribution in [3.63, 3.8) is 0 Å². The first-order valence-corrected chi connectivity index (χ1v) is 5.33. The highest BCUT2D eigenvalue weighted by Crippen LogP contribution is 2.23. The Balaban J connectivity index is 2.17. The summed E-state index contributed by atoms with van der Waals surface area (Å²) in [5.74, 6) is 0. The van der Waals surface area contributed by atoms with E-state index in [0.717, 1.165) is 32.1 Å². The van der Waals surface area contributed by atoms with Crippen molar-refractivity contribution in [1.29, 1.82) is 0 Å². The second-order valence-corrected chi connectivity index (χ2v) is 3.84. The summed E-state index contributed by atoms with van der Waals surface area (Å²) in [4.78, 5) is 0. The van der Waals surface area contributed by atoms with E-state index in [1.165, 1.54) is 0 Å². The van der Waals surface area contributed by atoms with Crippen LogP contribution in [-0.4, -0.2) is 35.1 Å². The van der Waals surface area contributed by atoms with Crippen LogP contribution in [0.2, 0.25) is 0 Å². The molecule has 0 radical (unpaired) electrons. The zero-order valence-corrected chi connectivity index (χ0v) is 8.56. The van der Waals surface area contributed by atoms with Crippen molar-refractivity contribution in [3.8, 4) is 0 Å². The molecule has 0 unspecified atom stereocenters. The third-order valence-electron chi connectivity index (χ3n) is 2.68. The Labute approximate surface area is 85.4 Å². The summed E-state index contributed by atoms with van der Waals surface area (Å²) in [5, 5.41) is 18.6. The van der Waals surface area contributed by atoms with Gasteiger partial charge in [0.15, 0.2) is 0 Å². The normalized spacial score (nSPS) is 29.0. The highest BCUT2D eigenvalue weighted by molar-refractivity contribution is 4.79. The van der Waals surface area contributed by atoms with Gasteiger partial charge in [-0.2, -0.15) is 0 Å². The molecule has 1 aliphatic heterocycles. The molecule has 0 aromatic heterocycles. The monoisotopic (exact) mass is 200 g/mol. The van der Waals surface area contributed by atoms with E-state index in [1.807, 2.05) is 6.08 Å². The van der Waals surface area contributed by atoms with Crippen molar-refractivity contribution >= 4 is 0 Å². The lowest BCUT2D eigenvalue weighted by Gasteiger charge is -2.18. The summed E-state index contributed by atoms with van der Waals surface area (Å²) < 4.78 is 5.48. The molecule has 1 aliphatic rings. The quantitative estimate of drug-likeness (QED) is 0.501. The van der Waals surface area contributed by atoms with Crippen LogP contribution in [0.15, 0.2) is 12.7 Å². The Bertz CT molecular complexity index is 170. The molecule has 1 rings (SSSR count). The lowest BCUT2D eigenvalue weighted by atomic mass is 10.0. The molecule has 2 N–H and O–H groups in total. The fourth-order valence-electron chi connectivity index (χ4n) is 1.81. The zero-order valence-electron chi connectivity index (χ0n) is 8.56. The fraction of sp³-hybridized carbons (Fsp3) is 0.818. The molecular weight excluding hydrogens is 180 g/mol. The van der Waals surface area contributed by atoms with Gasteiger partial charge in [-0.05, 0) is 32.1 Å². The summed E-state index contributed by atoms with van der Waals surface area (Å²) >= 11 is 0. The maximum atomic E-state index is 9.75. The summed E-state index contributed by atoms with van der Waals surface area (Å²) in [7, 11) is 0. The average molecular weight is 200 g/mol. The number of unbranched alkanes of at least 4 members (excludes halogenated alkanes) is 1. The highest BCUT2D eigenvalue weighted by Gasteiger charge is 2.29. The van der Waals surface area contributed by atoms with E-state index in [4.69, 9.17) is 9.84 Å². The molecule has 0 saturated carbocycles. The van der Waals surface area contributed by atoms with Crippen LogP contribution >= 0.6 is 0 Å². The van der Waals surface area contributed by atoms with Crippen LogP contribution in [0, 0.1) is 0 Å². The van der Waals surface area contributed by atoms with Crippen molar-refractivity contribution in [2.75, 3.05) is 6.61 Å². The van der Waals surface area contributed by atoms with Crippen molar-refractivity contribution in [3.05, 3.63) is 12.7 Å². The average Bonchev–Trinajstić information content (AvgIpc) is 2.66. The van der Waals surface area contributed by atoms with Gasteiger partial charge in [-0.3, -0.25) is 0 Å². The second kappa shape index (κ2) is 6.17. The minimum atomic E-state index is -0.383. The number of hydrogen-bond acceptors (Lipinski definition) is 3. The van der Waals surface area contributed by atoms with Crippen molar-refractivity contribution < 1.29 is 14.9 Å². The predicted octanol–water partition coefficient (Wildman–Crippen LogP) is 1.24. The summed E-state index contributed by atoms with van der Waals surface area (Å²) in [6.45, 7) is 3.70. The van der Waals surface area contributed by atoms with Gasteiger partial charge >= 0.3 is 0 Å². The number of aliphatic hydroxyl groups is 2. The van der Waals surface area contributed by atoms with Crippen molar-refractivity contribution in [2.45, 2.75) is 50.4 Å². The van der Waals surface area contributed by atoms with Gasteiger partial charge in [0.05, 0.1) is 24.9 Å². The molecule has 1 saturated heterocycles. The van der Waals surface area contributed by atoms with Gasteiger partial charge < -0.3 is 14.9 Å². The van der Waals surface area contributed by atoms with Crippen LogP contribution < -0.4 is 0 Å². The van der Waals surface area contributed by atoms with E-state index >= 15 is 0 Å². The Kier molecular flexibility index (Phi) is 5.15. The molecule has 0 amide bonds. The summed E-state index contributed by atoms with van der Waals surface area (Å²) in [6, 6.07) is 0. The van der Waals surface area contributed by atoms with Gasteiger partial charge in [0.1, 0.15) is 0 Å². The number of hydrogen-bond donors (Lipinski definition) is 2. The topological polar surface area (TPSA) is 49.7 Å². The van der Waals surface area contributed by atoms with Crippen LogP contribution in [0.25, 0.3) is 0 Å². The molecule has 3 heteroatoms. The highest BCUT2D eigenvalue weighted by atomic mass is 16.5. The molecule has 0 aromatic rings. The van der Waals surface area contributed by atoms with Crippen molar-refractivity contribution in [2.24, 2.45) is 0 Å². The molecule has 0 bridgehead atoms. The Hall–Kier alpha value is -0.380. The van der Waals surface area contributed by atoms with E-state index in [-0.39, 0.29) is 24.9 Å². The lowest BCUT2D eigenvalue weighted by molar-refractivity contribution is -0.0514. The summed E-state index contributed by atoms with van der Waals surface area (Å²) in [5.41, 5.74) is 0. The van der Waals surface area contributed by atoms with E-state index in [0.29, 0.717) is 0 Å². The van der Waals surface area contributed by atoms with Crippen molar-refractivity contribution in [1.82, 2.24) is 0 Å². The first-order chi connectivity index (χ1) is 6.77.